The number of benzene rings is 2. The van der Waals surface area contributed by atoms with Crippen LogP contribution >= 0.6 is 11.8 Å². The minimum Gasteiger partial charge on any atom is -0.497 e. The first-order chi connectivity index (χ1) is 15.1. The SMILES string of the molecule is CCOc1ccc(N=C2NC(=O)/C(=C\c3cc(C)n(-c4ccc(OC)cc4)c3)S2)cc1. The van der Waals surface area contributed by atoms with Gasteiger partial charge in [-0.2, -0.15) is 0 Å². The van der Waals surface area contributed by atoms with Crippen LogP contribution in [0.15, 0.2) is 70.7 Å². The molecule has 1 aliphatic rings. The molecule has 4 rings (SSSR count). The third-order valence-electron chi connectivity index (χ3n) is 4.71. The summed E-state index contributed by atoms with van der Waals surface area (Å²) in [5.41, 5.74) is 3.82. The summed E-state index contributed by atoms with van der Waals surface area (Å²) in [6.45, 7) is 4.60. The molecule has 2 aromatic carbocycles. The van der Waals surface area contributed by atoms with Gasteiger partial charge in [0.25, 0.3) is 5.91 Å². The first kappa shape index (κ1) is 20.8. The van der Waals surface area contributed by atoms with Crippen LogP contribution in [0.3, 0.4) is 0 Å². The standard InChI is InChI=1S/C24H23N3O3S/c1-4-30-21-9-5-18(6-10-21)25-24-26-23(28)22(31-24)14-17-13-16(2)27(15-17)19-7-11-20(29-3)12-8-19/h5-15H,4H2,1-3H3,(H,25,26,28)/b22-14+. The lowest BCUT2D eigenvalue weighted by atomic mass is 10.3. The molecule has 7 heteroatoms. The third kappa shape index (κ3) is 4.83. The Morgan fingerprint density at radius 1 is 1.10 bits per heavy atom. The summed E-state index contributed by atoms with van der Waals surface area (Å²) < 4.78 is 12.8. The fraction of sp³-hybridized carbons (Fsp3) is 0.167. The summed E-state index contributed by atoms with van der Waals surface area (Å²) in [5.74, 6) is 1.46. The van der Waals surface area contributed by atoms with Crippen molar-refractivity contribution in [1.82, 2.24) is 9.88 Å². The Balaban J connectivity index is 1.52. The molecule has 1 fully saturated rings. The van der Waals surface area contributed by atoms with E-state index in [1.165, 1.54) is 11.8 Å². The molecule has 158 valence electrons. The number of nitrogens with one attached hydrogen (secondary N) is 1. The lowest BCUT2D eigenvalue weighted by Gasteiger charge is -2.06. The smallest absolute Gasteiger partial charge is 0.264 e. The van der Waals surface area contributed by atoms with Crippen molar-refractivity contribution in [1.29, 1.82) is 0 Å². The van der Waals surface area contributed by atoms with Crippen molar-refractivity contribution in [3.8, 4) is 17.2 Å². The zero-order chi connectivity index (χ0) is 21.8. The van der Waals surface area contributed by atoms with E-state index in [9.17, 15) is 4.79 Å². The van der Waals surface area contributed by atoms with E-state index in [0.717, 1.165) is 34.1 Å². The number of thioether (sulfide) groups is 1. The predicted octanol–water partition coefficient (Wildman–Crippen LogP) is 5.08. The van der Waals surface area contributed by atoms with E-state index in [2.05, 4.69) is 14.9 Å². The highest BCUT2D eigenvalue weighted by Crippen LogP contribution is 2.29. The number of hydrogen-bond donors (Lipinski definition) is 1. The number of methoxy groups -OCH3 is 1. The number of amidine groups is 1. The van der Waals surface area contributed by atoms with Crippen LogP contribution < -0.4 is 14.8 Å². The molecule has 0 radical (unpaired) electrons. The molecule has 0 spiro atoms. The van der Waals surface area contributed by atoms with Crippen molar-refractivity contribution in [2.75, 3.05) is 13.7 Å². The average Bonchev–Trinajstić information content (AvgIpc) is 3.31. The van der Waals surface area contributed by atoms with E-state index in [1.807, 2.05) is 80.7 Å². The summed E-state index contributed by atoms with van der Waals surface area (Å²) in [6.07, 6.45) is 3.90. The van der Waals surface area contributed by atoms with E-state index >= 15 is 0 Å². The second-order valence-corrected chi connectivity index (χ2v) is 7.92. The molecule has 1 N–H and O–H groups in total. The summed E-state index contributed by atoms with van der Waals surface area (Å²) in [6, 6.07) is 17.4. The van der Waals surface area contributed by atoms with Gasteiger partial charge in [-0.15, -0.1) is 0 Å². The zero-order valence-corrected chi connectivity index (χ0v) is 18.4. The van der Waals surface area contributed by atoms with Crippen LogP contribution in [0, 0.1) is 6.92 Å². The fourth-order valence-corrected chi connectivity index (χ4v) is 4.07. The zero-order valence-electron chi connectivity index (χ0n) is 17.6. The third-order valence-corrected chi connectivity index (χ3v) is 5.62. The summed E-state index contributed by atoms with van der Waals surface area (Å²) in [5, 5.41) is 3.39. The van der Waals surface area contributed by atoms with Gasteiger partial charge in [-0.1, -0.05) is 0 Å². The Labute approximate surface area is 185 Å². The highest BCUT2D eigenvalue weighted by molar-refractivity contribution is 8.18. The van der Waals surface area contributed by atoms with E-state index in [4.69, 9.17) is 9.47 Å². The summed E-state index contributed by atoms with van der Waals surface area (Å²) >= 11 is 1.33. The van der Waals surface area contributed by atoms with Crippen LogP contribution in [0.4, 0.5) is 5.69 Å². The number of carbonyl (C=O) groups excluding carboxylic acids is 1. The number of aliphatic imine (C=N–C) groups is 1. The molecular formula is C24H23N3O3S. The monoisotopic (exact) mass is 433 g/mol. The average molecular weight is 434 g/mol. The molecular weight excluding hydrogens is 410 g/mol. The maximum atomic E-state index is 12.4. The molecule has 31 heavy (non-hydrogen) atoms. The van der Waals surface area contributed by atoms with Gasteiger partial charge in [0, 0.05) is 17.6 Å². The highest BCUT2D eigenvalue weighted by Gasteiger charge is 2.24. The van der Waals surface area contributed by atoms with E-state index in [-0.39, 0.29) is 5.91 Å². The molecule has 0 saturated carbocycles. The van der Waals surface area contributed by atoms with Crippen molar-refractivity contribution < 1.29 is 14.3 Å². The van der Waals surface area contributed by atoms with Gasteiger partial charge < -0.3 is 19.4 Å². The number of rotatable bonds is 6. The number of ether oxygens (including phenoxy) is 2. The van der Waals surface area contributed by atoms with Crippen molar-refractivity contribution in [3.05, 3.63) is 77.0 Å². The largest absolute Gasteiger partial charge is 0.497 e. The van der Waals surface area contributed by atoms with Gasteiger partial charge in [0.1, 0.15) is 11.5 Å². The lowest BCUT2D eigenvalue weighted by Crippen LogP contribution is -2.19. The molecule has 1 amide bonds. The molecule has 0 atom stereocenters. The molecule has 6 nitrogen and oxygen atoms in total. The lowest BCUT2D eigenvalue weighted by molar-refractivity contribution is -0.115. The van der Waals surface area contributed by atoms with Crippen LogP contribution in [0.5, 0.6) is 11.5 Å². The Bertz CT molecular complexity index is 1150. The second-order valence-electron chi connectivity index (χ2n) is 6.89. The molecule has 1 saturated heterocycles. The van der Waals surface area contributed by atoms with Crippen LogP contribution in [0.1, 0.15) is 18.2 Å². The molecule has 0 unspecified atom stereocenters. The molecule has 0 bridgehead atoms. The number of carbonyl (C=O) groups is 1. The Kier molecular flexibility index (Phi) is 6.13. The van der Waals surface area contributed by atoms with Gasteiger partial charge in [0.05, 0.1) is 24.3 Å². The van der Waals surface area contributed by atoms with E-state index in [0.29, 0.717) is 16.7 Å². The van der Waals surface area contributed by atoms with Gasteiger partial charge in [-0.3, -0.25) is 4.79 Å². The number of aromatic nitrogens is 1. The molecule has 0 aliphatic carbocycles. The minimum atomic E-state index is -0.149. The maximum Gasteiger partial charge on any atom is 0.264 e. The van der Waals surface area contributed by atoms with Crippen molar-refractivity contribution in [2.24, 2.45) is 4.99 Å². The normalized spacial score (nSPS) is 16.0. The topological polar surface area (TPSA) is 64.8 Å². The maximum absolute atomic E-state index is 12.4. The Hall–Kier alpha value is -3.45. The minimum absolute atomic E-state index is 0.149. The first-order valence-corrected chi connectivity index (χ1v) is 10.7. The molecule has 1 aromatic heterocycles. The first-order valence-electron chi connectivity index (χ1n) is 9.91. The molecule has 3 aromatic rings. The molecule has 2 heterocycles. The Morgan fingerprint density at radius 2 is 1.81 bits per heavy atom. The number of hydrogen-bond acceptors (Lipinski definition) is 5. The van der Waals surface area contributed by atoms with Gasteiger partial charge in [0.15, 0.2) is 5.17 Å². The highest BCUT2D eigenvalue weighted by atomic mass is 32.2. The van der Waals surface area contributed by atoms with E-state index < -0.39 is 0 Å². The van der Waals surface area contributed by atoms with Crippen LogP contribution in [-0.2, 0) is 4.79 Å². The van der Waals surface area contributed by atoms with Gasteiger partial charge in [-0.25, -0.2) is 4.99 Å². The van der Waals surface area contributed by atoms with E-state index in [1.54, 1.807) is 7.11 Å². The quantitative estimate of drug-likeness (QED) is 0.550. The van der Waals surface area contributed by atoms with Crippen molar-refractivity contribution >= 4 is 34.6 Å². The number of aryl methyl sites for hydroxylation is 1. The number of amides is 1. The Morgan fingerprint density at radius 3 is 2.48 bits per heavy atom. The predicted molar refractivity (Wildman–Crippen MR) is 125 cm³/mol. The van der Waals surface area contributed by atoms with Crippen LogP contribution in [0.25, 0.3) is 11.8 Å². The fourth-order valence-electron chi connectivity index (χ4n) is 3.23. The summed E-state index contributed by atoms with van der Waals surface area (Å²) in [4.78, 5) is 17.6. The van der Waals surface area contributed by atoms with Crippen LogP contribution in [0.2, 0.25) is 0 Å². The van der Waals surface area contributed by atoms with Gasteiger partial charge in [0.2, 0.25) is 0 Å². The van der Waals surface area contributed by atoms with Gasteiger partial charge >= 0.3 is 0 Å². The second kappa shape index (κ2) is 9.14. The molecule has 1 aliphatic heterocycles. The number of nitrogens with zero attached hydrogens (tertiary/aromatic N) is 2. The summed E-state index contributed by atoms with van der Waals surface area (Å²) in [7, 11) is 1.65. The van der Waals surface area contributed by atoms with Gasteiger partial charge in [-0.05, 0) is 91.8 Å². The van der Waals surface area contributed by atoms with Crippen molar-refractivity contribution in [2.45, 2.75) is 13.8 Å². The van der Waals surface area contributed by atoms with Crippen molar-refractivity contribution in [3.63, 3.8) is 0 Å². The van der Waals surface area contributed by atoms with Crippen LogP contribution in [-0.4, -0.2) is 29.4 Å².